The topological polar surface area (TPSA) is 29.0 Å². The molecule has 1 rings (SSSR count). The van der Waals surface area contributed by atoms with E-state index in [1.54, 1.807) is 0 Å². The fraction of sp³-hybridized carbons (Fsp3) is 0.750. The predicted molar refractivity (Wildman–Crippen MR) is 60.8 cm³/mol. The molecule has 0 amide bonds. The second-order valence-electron chi connectivity index (χ2n) is 4.21. The number of rotatable bonds is 5. The number of aromatic nitrogens is 2. The van der Waals surface area contributed by atoms with Crippen LogP contribution >= 0.6 is 0 Å². The molecule has 0 radical (unpaired) electrons. The van der Waals surface area contributed by atoms with Crippen LogP contribution in [0.3, 0.4) is 0 Å². The summed E-state index contributed by atoms with van der Waals surface area (Å²) in [6.07, 6.45) is 3.18. The van der Waals surface area contributed by atoms with Crippen molar-refractivity contribution in [2.75, 3.05) is 6.61 Å². The van der Waals surface area contributed by atoms with E-state index in [0.29, 0.717) is 6.61 Å². The average molecular weight is 211 g/mol. The van der Waals surface area contributed by atoms with Crippen molar-refractivity contribution in [2.45, 2.75) is 46.6 Å². The van der Waals surface area contributed by atoms with Gasteiger partial charge in [-0.1, -0.05) is 0 Å². The second kappa shape index (κ2) is 5.31. The first-order chi connectivity index (χ1) is 7.09. The van der Waals surface area contributed by atoms with Gasteiger partial charge in [0.15, 0.2) is 0 Å². The molecule has 0 fully saturated rings. The zero-order valence-electron chi connectivity index (χ0n) is 10.4. The molecule has 0 aliphatic rings. The van der Waals surface area contributed by atoms with Gasteiger partial charge in [0.1, 0.15) is 11.4 Å². The minimum atomic E-state index is 0.316. The van der Waals surface area contributed by atoms with E-state index in [-0.39, 0.29) is 0 Å². The van der Waals surface area contributed by atoms with Gasteiger partial charge in [0.2, 0.25) is 0 Å². The lowest BCUT2D eigenvalue weighted by Crippen LogP contribution is -2.33. The Hall–Kier alpha value is -0.830. The monoisotopic (exact) mass is 211 g/mol. The van der Waals surface area contributed by atoms with Crippen molar-refractivity contribution in [3.05, 3.63) is 17.2 Å². The highest BCUT2D eigenvalue weighted by molar-refractivity contribution is 5.06. The molecule has 0 atom stereocenters. The van der Waals surface area contributed by atoms with Gasteiger partial charge in [-0.15, -0.1) is 0 Å². The minimum Gasteiger partial charge on any atom is -0.396 e. The number of hydrogen-bond donors (Lipinski definition) is 1. The summed E-state index contributed by atoms with van der Waals surface area (Å²) in [4.78, 5) is 0. The van der Waals surface area contributed by atoms with Gasteiger partial charge in [-0.25, -0.2) is 9.13 Å². The van der Waals surface area contributed by atoms with Crippen molar-refractivity contribution in [2.24, 2.45) is 7.05 Å². The zero-order valence-corrected chi connectivity index (χ0v) is 10.4. The Morgan fingerprint density at radius 3 is 2.27 bits per heavy atom. The average Bonchev–Trinajstić information content (AvgIpc) is 2.41. The van der Waals surface area contributed by atoms with Gasteiger partial charge in [-0.05, 0) is 19.3 Å². The normalized spacial score (nSPS) is 11.0. The van der Waals surface area contributed by atoms with Crippen molar-refractivity contribution in [3.8, 4) is 0 Å². The van der Waals surface area contributed by atoms with E-state index in [1.165, 1.54) is 17.2 Å². The summed E-state index contributed by atoms with van der Waals surface area (Å²) >= 11 is 0. The van der Waals surface area contributed by atoms with Crippen molar-refractivity contribution in [1.82, 2.24) is 4.57 Å². The molecule has 0 spiro atoms. The molecular formula is C12H23N2O+. The van der Waals surface area contributed by atoms with Crippen LogP contribution in [0.2, 0.25) is 0 Å². The lowest BCUT2D eigenvalue weighted by molar-refractivity contribution is -0.683. The molecule has 0 aliphatic heterocycles. The fourth-order valence-electron chi connectivity index (χ4n) is 1.99. The molecule has 1 heterocycles. The van der Waals surface area contributed by atoms with E-state index in [0.717, 1.165) is 25.8 Å². The first-order valence-corrected chi connectivity index (χ1v) is 5.72. The van der Waals surface area contributed by atoms with Gasteiger partial charge in [0, 0.05) is 27.4 Å². The third-order valence-corrected chi connectivity index (χ3v) is 3.35. The van der Waals surface area contributed by atoms with Crippen LogP contribution in [-0.2, 0) is 13.6 Å². The first-order valence-electron chi connectivity index (χ1n) is 5.72. The van der Waals surface area contributed by atoms with Crippen molar-refractivity contribution >= 4 is 0 Å². The standard InChI is InChI=1S/C12H23N2O/c1-10-11(2)14(12(3)13(10)4)8-6-5-7-9-15/h15H,5-9H2,1-4H3/q+1. The van der Waals surface area contributed by atoms with Crippen LogP contribution in [-0.4, -0.2) is 16.3 Å². The Morgan fingerprint density at radius 1 is 1.13 bits per heavy atom. The Balaban J connectivity index is 2.65. The highest BCUT2D eigenvalue weighted by Crippen LogP contribution is 2.09. The lowest BCUT2D eigenvalue weighted by Gasteiger charge is -2.00. The Bertz CT molecular complexity index is 303. The van der Waals surface area contributed by atoms with Crippen LogP contribution in [0, 0.1) is 20.8 Å². The van der Waals surface area contributed by atoms with Crippen molar-refractivity contribution in [3.63, 3.8) is 0 Å². The third-order valence-electron chi connectivity index (χ3n) is 3.35. The summed E-state index contributed by atoms with van der Waals surface area (Å²) in [5.74, 6) is 1.31. The number of aliphatic hydroxyl groups is 1. The van der Waals surface area contributed by atoms with Gasteiger partial charge in [-0.3, -0.25) is 0 Å². The smallest absolute Gasteiger partial charge is 0.253 e. The van der Waals surface area contributed by atoms with Crippen molar-refractivity contribution in [1.29, 1.82) is 0 Å². The summed E-state index contributed by atoms with van der Waals surface area (Å²) in [5.41, 5.74) is 2.70. The Morgan fingerprint density at radius 2 is 1.80 bits per heavy atom. The quantitative estimate of drug-likeness (QED) is 0.579. The van der Waals surface area contributed by atoms with Gasteiger partial charge < -0.3 is 5.11 Å². The summed E-state index contributed by atoms with van der Waals surface area (Å²) < 4.78 is 4.61. The SMILES string of the molecule is Cc1c(C)[n+](C)c(C)n1CCCCCO. The van der Waals surface area contributed by atoms with Gasteiger partial charge in [-0.2, -0.15) is 0 Å². The van der Waals surface area contributed by atoms with Crippen LogP contribution in [0.5, 0.6) is 0 Å². The van der Waals surface area contributed by atoms with Gasteiger partial charge in [0.05, 0.1) is 13.6 Å². The van der Waals surface area contributed by atoms with Crippen LogP contribution in [0.1, 0.15) is 36.5 Å². The van der Waals surface area contributed by atoms with Crippen LogP contribution in [0.15, 0.2) is 0 Å². The molecule has 1 N–H and O–H groups in total. The molecule has 0 unspecified atom stereocenters. The molecule has 0 bridgehead atoms. The second-order valence-corrected chi connectivity index (χ2v) is 4.21. The van der Waals surface area contributed by atoms with Gasteiger partial charge in [0.25, 0.3) is 5.82 Å². The summed E-state index contributed by atoms with van der Waals surface area (Å²) in [6, 6.07) is 0. The maximum Gasteiger partial charge on any atom is 0.253 e. The molecule has 0 aliphatic carbocycles. The lowest BCUT2D eigenvalue weighted by atomic mass is 10.2. The van der Waals surface area contributed by atoms with E-state index in [4.69, 9.17) is 5.11 Å². The molecule has 0 saturated heterocycles. The maximum absolute atomic E-state index is 8.71. The molecule has 1 aromatic heterocycles. The molecule has 86 valence electrons. The molecular weight excluding hydrogens is 188 g/mol. The van der Waals surface area contributed by atoms with Crippen LogP contribution in [0.4, 0.5) is 0 Å². The molecule has 3 heteroatoms. The van der Waals surface area contributed by atoms with E-state index >= 15 is 0 Å². The zero-order chi connectivity index (χ0) is 11.4. The molecule has 15 heavy (non-hydrogen) atoms. The maximum atomic E-state index is 8.71. The minimum absolute atomic E-state index is 0.316. The van der Waals surface area contributed by atoms with Crippen LogP contribution < -0.4 is 4.57 Å². The number of hydrogen-bond acceptors (Lipinski definition) is 1. The fourth-order valence-corrected chi connectivity index (χ4v) is 1.99. The summed E-state index contributed by atoms with van der Waals surface area (Å²) in [7, 11) is 2.11. The summed E-state index contributed by atoms with van der Waals surface area (Å²) in [5, 5.41) is 8.71. The number of nitrogens with zero attached hydrogens (tertiary/aromatic N) is 2. The van der Waals surface area contributed by atoms with E-state index in [1.807, 2.05) is 0 Å². The predicted octanol–water partition coefficient (Wildman–Crippen LogP) is 1.40. The number of unbranched alkanes of at least 4 members (excludes halogenated alkanes) is 2. The Kier molecular flexibility index (Phi) is 4.33. The van der Waals surface area contributed by atoms with E-state index in [2.05, 4.69) is 37.0 Å². The van der Waals surface area contributed by atoms with Crippen molar-refractivity contribution < 1.29 is 9.67 Å². The molecule has 0 saturated carbocycles. The molecule has 1 aromatic rings. The van der Waals surface area contributed by atoms with E-state index < -0.39 is 0 Å². The third kappa shape index (κ3) is 2.59. The summed E-state index contributed by atoms with van der Waals surface area (Å²) in [6.45, 7) is 7.88. The Labute approximate surface area is 92.4 Å². The highest BCUT2D eigenvalue weighted by Gasteiger charge is 2.18. The van der Waals surface area contributed by atoms with Gasteiger partial charge >= 0.3 is 0 Å². The van der Waals surface area contributed by atoms with Crippen LogP contribution in [0.25, 0.3) is 0 Å². The molecule has 0 aromatic carbocycles. The number of imidazole rings is 1. The first kappa shape index (κ1) is 12.2. The molecule has 3 nitrogen and oxygen atoms in total. The highest BCUT2D eigenvalue weighted by atomic mass is 16.2. The number of aliphatic hydroxyl groups excluding tert-OH is 1. The largest absolute Gasteiger partial charge is 0.396 e. The van der Waals surface area contributed by atoms with E-state index in [9.17, 15) is 0 Å².